The summed E-state index contributed by atoms with van der Waals surface area (Å²) in [6.07, 6.45) is 5.48. The van der Waals surface area contributed by atoms with E-state index in [4.69, 9.17) is 10.1 Å². The van der Waals surface area contributed by atoms with Gasteiger partial charge in [-0.3, -0.25) is 9.69 Å². The Kier molecular flexibility index (Phi) is 5.11. The molecule has 1 N–H and O–H groups in total. The molecule has 0 spiro atoms. The van der Waals surface area contributed by atoms with Gasteiger partial charge in [0.25, 0.3) is 0 Å². The Morgan fingerprint density at radius 3 is 2.47 bits per heavy atom. The molecule has 2 saturated carbocycles. The van der Waals surface area contributed by atoms with Gasteiger partial charge in [0.1, 0.15) is 0 Å². The third-order valence-electron chi connectivity index (χ3n) is 6.60. The first-order valence-electron chi connectivity index (χ1n) is 10.5. The maximum Gasteiger partial charge on any atom is 0.335 e. The van der Waals surface area contributed by atoms with Gasteiger partial charge >= 0.3 is 5.97 Å². The monoisotopic (exact) mass is 420 g/mol. The first-order valence-corrected chi connectivity index (χ1v) is 11.4. The van der Waals surface area contributed by atoms with Crippen LogP contribution in [0.3, 0.4) is 0 Å². The summed E-state index contributed by atoms with van der Waals surface area (Å²) in [6, 6.07) is 16.9. The van der Waals surface area contributed by atoms with Gasteiger partial charge in [-0.15, -0.1) is 0 Å². The van der Waals surface area contributed by atoms with Crippen LogP contribution in [-0.2, 0) is 11.2 Å². The quantitative estimate of drug-likeness (QED) is 0.758. The topological polar surface area (TPSA) is 70.0 Å². The number of rotatable bonds is 5. The number of nitrogens with zero attached hydrogens (tertiary/aromatic N) is 2. The molecule has 6 heteroatoms. The van der Waals surface area contributed by atoms with Crippen LogP contribution in [0.5, 0.6) is 0 Å². The van der Waals surface area contributed by atoms with Gasteiger partial charge in [0.05, 0.1) is 16.5 Å². The van der Waals surface area contributed by atoms with Crippen molar-refractivity contribution in [1.29, 1.82) is 0 Å². The van der Waals surface area contributed by atoms with Crippen LogP contribution in [0.1, 0.15) is 41.6 Å². The Morgan fingerprint density at radius 2 is 1.83 bits per heavy atom. The predicted octanol–water partition coefficient (Wildman–Crippen LogP) is 4.75. The second kappa shape index (κ2) is 7.91. The summed E-state index contributed by atoms with van der Waals surface area (Å²) >= 11 is 1.55. The van der Waals surface area contributed by atoms with E-state index in [9.17, 15) is 9.59 Å². The van der Waals surface area contributed by atoms with Gasteiger partial charge in [-0.25, -0.2) is 9.79 Å². The fourth-order valence-corrected chi connectivity index (χ4v) is 6.38. The molecule has 1 aliphatic heterocycles. The van der Waals surface area contributed by atoms with Crippen molar-refractivity contribution in [2.24, 2.45) is 16.8 Å². The number of aromatic carboxylic acids is 1. The van der Waals surface area contributed by atoms with Crippen molar-refractivity contribution in [1.82, 2.24) is 4.90 Å². The van der Waals surface area contributed by atoms with Gasteiger partial charge in [-0.2, -0.15) is 0 Å². The maximum absolute atomic E-state index is 13.5. The van der Waals surface area contributed by atoms with Gasteiger partial charge in [-0.05, 0) is 67.3 Å². The number of amidine groups is 1. The highest BCUT2D eigenvalue weighted by molar-refractivity contribution is 8.15. The smallest absolute Gasteiger partial charge is 0.335 e. The number of carbonyl (C=O) groups is 2. The van der Waals surface area contributed by atoms with Crippen molar-refractivity contribution in [2.45, 2.75) is 43.4 Å². The molecule has 30 heavy (non-hydrogen) atoms. The fourth-order valence-electron chi connectivity index (χ4n) is 5.14. The van der Waals surface area contributed by atoms with Crippen LogP contribution in [0.2, 0.25) is 0 Å². The van der Waals surface area contributed by atoms with E-state index in [1.165, 1.54) is 19.3 Å². The molecule has 2 aromatic rings. The zero-order valence-electron chi connectivity index (χ0n) is 16.6. The first kappa shape index (κ1) is 19.4. The summed E-state index contributed by atoms with van der Waals surface area (Å²) in [5.41, 5.74) is 2.08. The molecule has 3 fully saturated rings. The summed E-state index contributed by atoms with van der Waals surface area (Å²) in [4.78, 5) is 31.4. The van der Waals surface area contributed by atoms with Crippen LogP contribution in [-0.4, -0.2) is 38.3 Å². The number of carboxylic acid groups (broad SMARTS) is 1. The van der Waals surface area contributed by atoms with Gasteiger partial charge in [0, 0.05) is 6.04 Å². The van der Waals surface area contributed by atoms with Crippen LogP contribution < -0.4 is 0 Å². The van der Waals surface area contributed by atoms with Crippen molar-refractivity contribution in [2.75, 3.05) is 0 Å². The summed E-state index contributed by atoms with van der Waals surface area (Å²) in [6.45, 7) is 0. The van der Waals surface area contributed by atoms with E-state index in [1.54, 1.807) is 36.0 Å². The molecule has 1 amide bonds. The summed E-state index contributed by atoms with van der Waals surface area (Å²) in [7, 11) is 0. The van der Waals surface area contributed by atoms with Gasteiger partial charge < -0.3 is 5.11 Å². The van der Waals surface area contributed by atoms with E-state index in [1.807, 2.05) is 23.1 Å². The third-order valence-corrected chi connectivity index (χ3v) is 7.75. The largest absolute Gasteiger partial charge is 0.478 e. The molecule has 3 aliphatic rings. The molecule has 0 unspecified atom stereocenters. The van der Waals surface area contributed by atoms with Gasteiger partial charge in [0.15, 0.2) is 5.17 Å². The Morgan fingerprint density at radius 1 is 1.07 bits per heavy atom. The molecule has 5 rings (SSSR count). The molecule has 1 saturated heterocycles. The molecular weight excluding hydrogens is 396 g/mol. The summed E-state index contributed by atoms with van der Waals surface area (Å²) in [5.74, 6) is 0.533. The van der Waals surface area contributed by atoms with Crippen molar-refractivity contribution < 1.29 is 14.7 Å². The molecule has 1 heterocycles. The normalized spacial score (nSPS) is 29.1. The number of thioether (sulfide) groups is 1. The van der Waals surface area contributed by atoms with Crippen molar-refractivity contribution in [3.05, 3.63) is 65.7 Å². The van der Waals surface area contributed by atoms with Crippen LogP contribution in [0.15, 0.2) is 59.6 Å². The Balaban J connectivity index is 1.44. The number of benzene rings is 2. The van der Waals surface area contributed by atoms with E-state index >= 15 is 0 Å². The minimum atomic E-state index is -0.953. The van der Waals surface area contributed by atoms with E-state index in [0.29, 0.717) is 18.0 Å². The molecule has 2 aromatic carbocycles. The molecule has 0 aromatic heterocycles. The van der Waals surface area contributed by atoms with Gasteiger partial charge in [0.2, 0.25) is 5.91 Å². The van der Waals surface area contributed by atoms with Gasteiger partial charge in [-0.1, -0.05) is 48.5 Å². The minimum absolute atomic E-state index is 0.163. The lowest BCUT2D eigenvalue weighted by Crippen LogP contribution is -2.44. The van der Waals surface area contributed by atoms with E-state index < -0.39 is 5.97 Å². The number of amides is 1. The van der Waals surface area contributed by atoms with Crippen molar-refractivity contribution in [3.8, 4) is 0 Å². The highest BCUT2D eigenvalue weighted by Crippen LogP contribution is 2.49. The molecule has 2 bridgehead atoms. The molecule has 4 atom stereocenters. The Hall–Kier alpha value is -2.60. The average molecular weight is 421 g/mol. The summed E-state index contributed by atoms with van der Waals surface area (Å²) in [5, 5.41) is 9.72. The number of aliphatic imine (C=N–C) groups is 1. The molecular formula is C24H24N2O3S. The number of carbonyl (C=O) groups excluding carboxylic acids is 1. The van der Waals surface area contributed by atoms with Crippen molar-refractivity contribution in [3.63, 3.8) is 0 Å². The second-order valence-electron chi connectivity index (χ2n) is 8.49. The highest BCUT2D eigenvalue weighted by Gasteiger charge is 2.49. The zero-order chi connectivity index (χ0) is 20.7. The third kappa shape index (κ3) is 3.65. The lowest BCUT2D eigenvalue weighted by molar-refractivity contribution is -0.128. The van der Waals surface area contributed by atoms with Crippen molar-refractivity contribution >= 4 is 34.5 Å². The van der Waals surface area contributed by atoms with E-state index in [2.05, 4.69) is 12.1 Å². The number of hydrogen-bond acceptors (Lipinski definition) is 4. The zero-order valence-corrected chi connectivity index (χ0v) is 17.4. The minimum Gasteiger partial charge on any atom is -0.478 e. The lowest BCUT2D eigenvalue weighted by atomic mass is 9.94. The van der Waals surface area contributed by atoms with Crippen LogP contribution in [0, 0.1) is 11.8 Å². The Bertz CT molecular complexity index is 989. The standard InChI is InChI=1S/C24H24N2O3S/c27-22-21(14-15-4-2-1-3-5-15)30-24(25-19-10-8-17(9-11-19)23(28)29)26(22)20-13-16-6-7-18(20)12-16/h1-5,8-11,16,18,20-21H,6-7,12-14H2,(H,28,29)/t16-,18-,20+,21-/m0/s1. The molecule has 0 radical (unpaired) electrons. The van der Waals surface area contributed by atoms with Crippen LogP contribution in [0.4, 0.5) is 5.69 Å². The lowest BCUT2D eigenvalue weighted by Gasteiger charge is -2.31. The SMILES string of the molecule is O=C(O)c1ccc(N=C2S[C@@H](Cc3ccccc3)C(=O)N2[C@@H]2C[C@H]3CC[C@H]2C3)cc1. The predicted molar refractivity (Wildman–Crippen MR) is 118 cm³/mol. The summed E-state index contributed by atoms with van der Waals surface area (Å²) < 4.78 is 0. The Labute approximate surface area is 180 Å². The van der Waals surface area contributed by atoms with Crippen LogP contribution >= 0.6 is 11.8 Å². The fraction of sp³-hybridized carbons (Fsp3) is 0.375. The number of fused-ring (bicyclic) bond motifs is 2. The molecule has 5 nitrogen and oxygen atoms in total. The molecule has 2 aliphatic carbocycles. The van der Waals surface area contributed by atoms with Crippen LogP contribution in [0.25, 0.3) is 0 Å². The number of hydrogen-bond donors (Lipinski definition) is 1. The highest BCUT2D eigenvalue weighted by atomic mass is 32.2. The van der Waals surface area contributed by atoms with E-state index in [0.717, 1.165) is 23.1 Å². The second-order valence-corrected chi connectivity index (χ2v) is 9.66. The number of carboxylic acids is 1. The average Bonchev–Trinajstić information content (AvgIpc) is 3.45. The maximum atomic E-state index is 13.5. The molecule has 154 valence electrons. The van der Waals surface area contributed by atoms with E-state index in [-0.39, 0.29) is 22.8 Å². The first-order chi connectivity index (χ1) is 14.6.